The van der Waals surface area contributed by atoms with Gasteiger partial charge in [-0.25, -0.2) is 4.79 Å². The van der Waals surface area contributed by atoms with Gasteiger partial charge in [0.2, 0.25) is 11.8 Å². The lowest BCUT2D eigenvalue weighted by molar-refractivity contribution is -0.134. The fourth-order valence-corrected chi connectivity index (χ4v) is 5.87. The molecule has 5 N–H and O–H groups in total. The molecule has 2 aliphatic rings. The second-order valence-corrected chi connectivity index (χ2v) is 13.1. The summed E-state index contributed by atoms with van der Waals surface area (Å²) in [6, 6.07) is 14.8. The van der Waals surface area contributed by atoms with Crippen molar-refractivity contribution in [2.45, 2.75) is 101 Å². The summed E-state index contributed by atoms with van der Waals surface area (Å²) in [6.07, 6.45) is 0.952. The second kappa shape index (κ2) is 15.6. The SMILES string of the molecule is CCCC[C@H](NC(=O)OC(c1ccccc1)C(C)(C)c1cccc(Cl)c1)C(=O)N[C@@H](C[C@@H]1CCNC1=O)C(O)C(=O)NC1CC1. The maximum atomic E-state index is 13.7. The van der Waals surface area contributed by atoms with Crippen molar-refractivity contribution in [3.05, 3.63) is 70.7 Å². The number of benzene rings is 2. The van der Waals surface area contributed by atoms with Crippen LogP contribution in [0.1, 0.15) is 82.9 Å². The Morgan fingerprint density at radius 3 is 2.40 bits per heavy atom. The molecule has 1 aliphatic carbocycles. The molecule has 0 spiro atoms. The Morgan fingerprint density at radius 2 is 1.78 bits per heavy atom. The van der Waals surface area contributed by atoms with Crippen LogP contribution in [0.15, 0.2) is 54.6 Å². The molecule has 0 radical (unpaired) electrons. The van der Waals surface area contributed by atoms with Crippen LogP contribution in [0.3, 0.4) is 0 Å². The number of rotatable bonds is 15. The van der Waals surface area contributed by atoms with E-state index in [1.54, 1.807) is 6.07 Å². The Balaban J connectivity index is 1.52. The summed E-state index contributed by atoms with van der Waals surface area (Å²) in [5.41, 5.74) is 0.942. The summed E-state index contributed by atoms with van der Waals surface area (Å²) < 4.78 is 6.08. The Morgan fingerprint density at radius 1 is 1.04 bits per heavy atom. The average molecular weight is 641 g/mol. The van der Waals surface area contributed by atoms with E-state index in [1.165, 1.54) is 0 Å². The summed E-state index contributed by atoms with van der Waals surface area (Å²) in [4.78, 5) is 52.3. The van der Waals surface area contributed by atoms with Crippen molar-refractivity contribution in [2.75, 3.05) is 6.54 Å². The number of aliphatic hydroxyl groups excluding tert-OH is 1. The van der Waals surface area contributed by atoms with Crippen LogP contribution in [0.25, 0.3) is 0 Å². The highest BCUT2D eigenvalue weighted by molar-refractivity contribution is 6.30. The molecule has 11 heteroatoms. The zero-order chi connectivity index (χ0) is 32.6. The van der Waals surface area contributed by atoms with Gasteiger partial charge in [-0.1, -0.05) is 87.7 Å². The maximum Gasteiger partial charge on any atom is 0.408 e. The topological polar surface area (TPSA) is 146 Å². The first-order valence-electron chi connectivity index (χ1n) is 15.8. The fraction of sp³-hybridized carbons (Fsp3) is 0.529. The van der Waals surface area contributed by atoms with Crippen molar-refractivity contribution < 1.29 is 29.0 Å². The minimum Gasteiger partial charge on any atom is -0.440 e. The molecule has 4 rings (SSSR count). The van der Waals surface area contributed by atoms with Crippen LogP contribution in [0.4, 0.5) is 4.79 Å². The van der Waals surface area contributed by atoms with Gasteiger partial charge in [-0.2, -0.15) is 0 Å². The predicted molar refractivity (Wildman–Crippen MR) is 171 cm³/mol. The van der Waals surface area contributed by atoms with Crippen molar-refractivity contribution in [3.8, 4) is 0 Å². The summed E-state index contributed by atoms with van der Waals surface area (Å²) in [5.74, 6) is -1.78. The molecule has 2 fully saturated rings. The largest absolute Gasteiger partial charge is 0.440 e. The summed E-state index contributed by atoms with van der Waals surface area (Å²) in [5, 5.41) is 22.6. The number of unbranched alkanes of at least 4 members (excludes halogenated alkanes) is 1. The maximum absolute atomic E-state index is 13.7. The first kappa shape index (κ1) is 34.2. The summed E-state index contributed by atoms with van der Waals surface area (Å²) >= 11 is 6.30. The number of nitrogens with one attached hydrogen (secondary N) is 4. The van der Waals surface area contributed by atoms with Gasteiger partial charge in [-0.3, -0.25) is 14.4 Å². The van der Waals surface area contributed by atoms with E-state index in [-0.39, 0.29) is 18.4 Å². The number of halogens is 1. The van der Waals surface area contributed by atoms with Crippen LogP contribution in [0.2, 0.25) is 5.02 Å². The number of aliphatic hydroxyl groups is 1. The normalized spacial score (nSPS) is 19.0. The molecule has 1 saturated heterocycles. The number of ether oxygens (including phenoxy) is 1. The Hall–Kier alpha value is -3.63. The number of hydrogen-bond acceptors (Lipinski definition) is 6. The second-order valence-electron chi connectivity index (χ2n) is 12.6. The molecule has 5 atom stereocenters. The molecule has 244 valence electrons. The van der Waals surface area contributed by atoms with Crippen LogP contribution in [-0.4, -0.2) is 59.7 Å². The van der Waals surface area contributed by atoms with Gasteiger partial charge in [0.25, 0.3) is 5.91 Å². The zero-order valence-corrected chi connectivity index (χ0v) is 26.9. The highest BCUT2D eigenvalue weighted by Gasteiger charge is 2.39. The minimum absolute atomic E-state index is 0.0146. The molecule has 10 nitrogen and oxygen atoms in total. The molecule has 2 aromatic rings. The smallest absolute Gasteiger partial charge is 0.408 e. The Kier molecular flexibility index (Phi) is 11.9. The Bertz CT molecular complexity index is 1330. The highest BCUT2D eigenvalue weighted by atomic mass is 35.5. The molecule has 0 aromatic heterocycles. The molecule has 1 saturated carbocycles. The van der Waals surface area contributed by atoms with Gasteiger partial charge in [0.05, 0.1) is 6.04 Å². The van der Waals surface area contributed by atoms with Crippen molar-refractivity contribution >= 4 is 35.4 Å². The quantitative estimate of drug-likeness (QED) is 0.196. The molecule has 1 aliphatic heterocycles. The molecule has 45 heavy (non-hydrogen) atoms. The van der Waals surface area contributed by atoms with E-state index < -0.39 is 53.5 Å². The van der Waals surface area contributed by atoms with E-state index in [9.17, 15) is 24.3 Å². The predicted octanol–water partition coefficient (Wildman–Crippen LogP) is 4.29. The molecule has 2 aromatic carbocycles. The van der Waals surface area contributed by atoms with E-state index in [0.29, 0.717) is 30.8 Å². The van der Waals surface area contributed by atoms with Gasteiger partial charge in [0.15, 0.2) is 6.10 Å². The lowest BCUT2D eigenvalue weighted by atomic mass is 9.76. The van der Waals surface area contributed by atoms with Crippen molar-refractivity contribution in [2.24, 2.45) is 5.92 Å². The summed E-state index contributed by atoms with van der Waals surface area (Å²) in [6.45, 7) is 6.39. The van der Waals surface area contributed by atoms with E-state index in [4.69, 9.17) is 16.3 Å². The van der Waals surface area contributed by atoms with Crippen LogP contribution < -0.4 is 21.3 Å². The van der Waals surface area contributed by atoms with Gasteiger partial charge in [0.1, 0.15) is 12.1 Å². The molecule has 2 unspecified atom stereocenters. The van der Waals surface area contributed by atoms with Crippen molar-refractivity contribution in [3.63, 3.8) is 0 Å². The van der Waals surface area contributed by atoms with Gasteiger partial charge < -0.3 is 31.1 Å². The van der Waals surface area contributed by atoms with Crippen LogP contribution in [0, 0.1) is 5.92 Å². The zero-order valence-electron chi connectivity index (χ0n) is 26.2. The third-order valence-corrected chi connectivity index (χ3v) is 8.84. The number of carbonyl (C=O) groups excluding carboxylic acids is 4. The van der Waals surface area contributed by atoms with E-state index in [2.05, 4.69) is 21.3 Å². The lowest BCUT2D eigenvalue weighted by Gasteiger charge is -2.35. The molecular formula is C34H45ClN4O6. The molecule has 1 heterocycles. The third kappa shape index (κ3) is 9.43. The van der Waals surface area contributed by atoms with Gasteiger partial charge in [-0.15, -0.1) is 0 Å². The molecule has 4 amide bonds. The molecule has 0 bridgehead atoms. The van der Waals surface area contributed by atoms with Gasteiger partial charge >= 0.3 is 6.09 Å². The first-order chi connectivity index (χ1) is 21.5. The number of carbonyl (C=O) groups is 4. The number of hydrogen-bond donors (Lipinski definition) is 5. The van der Waals surface area contributed by atoms with Crippen LogP contribution in [-0.2, 0) is 24.5 Å². The highest BCUT2D eigenvalue weighted by Crippen LogP contribution is 2.40. The average Bonchev–Trinajstić information content (AvgIpc) is 3.75. The van der Waals surface area contributed by atoms with Crippen LogP contribution in [0.5, 0.6) is 0 Å². The Labute approximate surface area is 270 Å². The van der Waals surface area contributed by atoms with E-state index in [0.717, 1.165) is 30.4 Å². The first-order valence-corrected chi connectivity index (χ1v) is 16.2. The van der Waals surface area contributed by atoms with Gasteiger partial charge in [-0.05, 0) is 55.4 Å². The minimum atomic E-state index is -1.55. The monoisotopic (exact) mass is 640 g/mol. The number of alkyl carbamates (subject to hydrolysis) is 1. The lowest BCUT2D eigenvalue weighted by Crippen LogP contribution is -2.56. The van der Waals surface area contributed by atoms with Crippen LogP contribution >= 0.6 is 11.6 Å². The van der Waals surface area contributed by atoms with E-state index in [1.807, 2.05) is 69.3 Å². The van der Waals surface area contributed by atoms with Crippen molar-refractivity contribution in [1.82, 2.24) is 21.3 Å². The van der Waals surface area contributed by atoms with E-state index >= 15 is 0 Å². The standard InChI is InChI=1S/C34H45ClN4O6/c1-4-5-14-26(31(42)38-27(19-22-17-18-36-30(22)41)28(40)32(43)37-25-15-16-25)39-33(44)45-29(21-10-7-6-8-11-21)34(2,3)23-12-9-13-24(35)20-23/h6-13,20,22,25-29,40H,4-5,14-19H2,1-3H3,(H,36,41)(H,37,43)(H,38,42)(H,39,44)/t22-,26-,27-,28?,29?/m0/s1. The van der Waals surface area contributed by atoms with Gasteiger partial charge in [0, 0.05) is 28.9 Å². The number of amides is 4. The summed E-state index contributed by atoms with van der Waals surface area (Å²) in [7, 11) is 0. The fourth-order valence-electron chi connectivity index (χ4n) is 5.68. The third-order valence-electron chi connectivity index (χ3n) is 8.61. The molecular weight excluding hydrogens is 596 g/mol. The van der Waals surface area contributed by atoms with Crippen molar-refractivity contribution in [1.29, 1.82) is 0 Å².